The second kappa shape index (κ2) is 9.13. The number of oxime groups is 1. The number of hydrogen-bond donors (Lipinski definition) is 1. The Hall–Kier alpha value is -3.81. The van der Waals surface area contributed by atoms with E-state index in [9.17, 15) is 13.2 Å². The number of nitrogens with one attached hydrogen (secondary N) is 1. The van der Waals surface area contributed by atoms with E-state index in [1.807, 2.05) is 48.5 Å². The van der Waals surface area contributed by atoms with E-state index in [1.54, 1.807) is 6.92 Å². The molecule has 4 rings (SSSR count). The third-order valence-electron chi connectivity index (χ3n) is 4.80. The molecule has 0 spiro atoms. The standard InChI is InChI=1S/C24H20F3N3O2/c1-16(30-32-14-17-6-10-19(11-7-17)24(25,26)27)18-8-12-20(13-9-18)31-15-23-28-21-4-2-3-5-22(21)29-23/h2-13H,14-15H2,1H3,(H,28,29)/b30-16+. The second-order valence-corrected chi connectivity index (χ2v) is 7.16. The summed E-state index contributed by atoms with van der Waals surface area (Å²) >= 11 is 0. The van der Waals surface area contributed by atoms with Crippen molar-refractivity contribution < 1.29 is 22.7 Å². The predicted molar refractivity (Wildman–Crippen MR) is 115 cm³/mol. The highest BCUT2D eigenvalue weighted by molar-refractivity contribution is 5.98. The van der Waals surface area contributed by atoms with Gasteiger partial charge in [0, 0.05) is 0 Å². The summed E-state index contributed by atoms with van der Waals surface area (Å²) in [7, 11) is 0. The summed E-state index contributed by atoms with van der Waals surface area (Å²) in [4.78, 5) is 13.0. The highest BCUT2D eigenvalue weighted by Gasteiger charge is 2.29. The van der Waals surface area contributed by atoms with Crippen molar-refractivity contribution in [2.75, 3.05) is 0 Å². The molecule has 1 aromatic heterocycles. The number of alkyl halides is 3. The third kappa shape index (κ3) is 5.26. The molecule has 0 amide bonds. The van der Waals surface area contributed by atoms with E-state index in [2.05, 4.69) is 15.1 Å². The van der Waals surface area contributed by atoms with Crippen LogP contribution >= 0.6 is 0 Å². The lowest BCUT2D eigenvalue weighted by Crippen LogP contribution is -2.04. The van der Waals surface area contributed by atoms with Crippen LogP contribution in [0.3, 0.4) is 0 Å². The summed E-state index contributed by atoms with van der Waals surface area (Å²) in [6, 6.07) is 19.9. The van der Waals surface area contributed by atoms with Crippen LogP contribution < -0.4 is 4.74 Å². The Morgan fingerprint density at radius 2 is 1.66 bits per heavy atom. The first-order valence-electron chi connectivity index (χ1n) is 9.88. The molecular formula is C24H20F3N3O2. The zero-order valence-electron chi connectivity index (χ0n) is 17.2. The van der Waals surface area contributed by atoms with Crippen molar-refractivity contribution in [1.82, 2.24) is 9.97 Å². The third-order valence-corrected chi connectivity index (χ3v) is 4.80. The van der Waals surface area contributed by atoms with Gasteiger partial charge in [0.15, 0.2) is 0 Å². The van der Waals surface area contributed by atoms with Crippen LogP contribution in [-0.4, -0.2) is 15.7 Å². The zero-order valence-corrected chi connectivity index (χ0v) is 17.2. The largest absolute Gasteiger partial charge is 0.486 e. The van der Waals surface area contributed by atoms with Crippen LogP contribution in [0.1, 0.15) is 29.4 Å². The normalized spacial score (nSPS) is 12.2. The Labute approximate surface area is 182 Å². The molecular weight excluding hydrogens is 419 g/mol. The van der Waals surface area contributed by atoms with Crippen LogP contribution in [0.25, 0.3) is 11.0 Å². The average molecular weight is 439 g/mol. The molecule has 0 fully saturated rings. The summed E-state index contributed by atoms with van der Waals surface area (Å²) in [5.74, 6) is 1.43. The van der Waals surface area contributed by atoms with E-state index in [0.717, 1.165) is 34.6 Å². The van der Waals surface area contributed by atoms with Gasteiger partial charge in [0.2, 0.25) is 0 Å². The van der Waals surface area contributed by atoms with Crippen LogP contribution in [0.4, 0.5) is 13.2 Å². The van der Waals surface area contributed by atoms with Crippen LogP contribution in [0.2, 0.25) is 0 Å². The average Bonchev–Trinajstić information content (AvgIpc) is 3.21. The molecule has 8 heteroatoms. The molecule has 0 aliphatic rings. The number of ether oxygens (including phenoxy) is 1. The van der Waals surface area contributed by atoms with Crippen molar-refractivity contribution in [3.63, 3.8) is 0 Å². The minimum Gasteiger partial charge on any atom is -0.486 e. The quantitative estimate of drug-likeness (QED) is 0.280. The number of halogens is 3. The van der Waals surface area contributed by atoms with Gasteiger partial charge >= 0.3 is 6.18 Å². The highest BCUT2D eigenvalue weighted by Crippen LogP contribution is 2.29. The van der Waals surface area contributed by atoms with Crippen molar-refractivity contribution in [2.24, 2.45) is 5.16 Å². The minimum atomic E-state index is -4.35. The fourth-order valence-electron chi connectivity index (χ4n) is 3.06. The lowest BCUT2D eigenvalue weighted by atomic mass is 10.1. The summed E-state index contributed by atoms with van der Waals surface area (Å²) in [5, 5.41) is 4.05. The monoisotopic (exact) mass is 439 g/mol. The molecule has 0 radical (unpaired) electrons. The molecule has 1 N–H and O–H groups in total. The maximum Gasteiger partial charge on any atom is 0.416 e. The summed E-state index contributed by atoms with van der Waals surface area (Å²) in [6.07, 6.45) is -4.35. The predicted octanol–water partition coefficient (Wildman–Crippen LogP) is 6.10. The van der Waals surface area contributed by atoms with Gasteiger partial charge in [0.05, 0.1) is 22.3 Å². The number of para-hydroxylation sites is 2. The number of benzene rings is 3. The molecule has 0 saturated heterocycles. The van der Waals surface area contributed by atoms with Crippen LogP contribution in [-0.2, 0) is 24.2 Å². The van der Waals surface area contributed by atoms with Gasteiger partial charge in [-0.1, -0.05) is 29.4 Å². The van der Waals surface area contributed by atoms with E-state index in [0.29, 0.717) is 23.6 Å². The first-order chi connectivity index (χ1) is 15.4. The SMILES string of the molecule is C/C(=N\OCc1ccc(C(F)(F)F)cc1)c1ccc(OCc2nc3ccccc3[nH]2)cc1. The maximum absolute atomic E-state index is 12.6. The van der Waals surface area contributed by atoms with Crippen molar-refractivity contribution in [1.29, 1.82) is 0 Å². The number of H-pyrrole nitrogens is 1. The summed E-state index contributed by atoms with van der Waals surface area (Å²) in [6.45, 7) is 2.18. The van der Waals surface area contributed by atoms with Gasteiger partial charge < -0.3 is 14.6 Å². The Morgan fingerprint density at radius 3 is 2.34 bits per heavy atom. The minimum absolute atomic E-state index is 0.0776. The van der Waals surface area contributed by atoms with Crippen LogP contribution in [0.15, 0.2) is 78.0 Å². The van der Waals surface area contributed by atoms with Gasteiger partial charge in [0.25, 0.3) is 0 Å². The van der Waals surface area contributed by atoms with Gasteiger partial charge in [-0.15, -0.1) is 0 Å². The van der Waals surface area contributed by atoms with Crippen LogP contribution in [0, 0.1) is 0 Å². The lowest BCUT2D eigenvalue weighted by Gasteiger charge is -2.08. The molecule has 0 aliphatic heterocycles. The maximum atomic E-state index is 12.6. The first kappa shape index (κ1) is 21.4. The number of rotatable bonds is 7. The number of aromatic nitrogens is 2. The molecule has 5 nitrogen and oxygen atoms in total. The summed E-state index contributed by atoms with van der Waals surface area (Å²) < 4.78 is 43.6. The highest BCUT2D eigenvalue weighted by atomic mass is 19.4. The molecule has 32 heavy (non-hydrogen) atoms. The molecule has 0 atom stereocenters. The Kier molecular flexibility index (Phi) is 6.11. The number of aromatic amines is 1. The molecule has 0 unspecified atom stereocenters. The van der Waals surface area contributed by atoms with E-state index in [4.69, 9.17) is 9.57 Å². The molecule has 0 aliphatic carbocycles. The van der Waals surface area contributed by atoms with Crippen molar-refractivity contribution >= 4 is 16.7 Å². The number of nitrogens with zero attached hydrogens (tertiary/aromatic N) is 2. The van der Waals surface area contributed by atoms with Gasteiger partial charge in [0.1, 0.15) is 24.8 Å². The fourth-order valence-corrected chi connectivity index (χ4v) is 3.06. The zero-order chi connectivity index (χ0) is 22.6. The molecule has 4 aromatic rings. The van der Waals surface area contributed by atoms with Gasteiger partial charge in [-0.05, 0) is 66.6 Å². The van der Waals surface area contributed by atoms with Crippen LogP contribution in [0.5, 0.6) is 5.75 Å². The smallest absolute Gasteiger partial charge is 0.416 e. The van der Waals surface area contributed by atoms with E-state index < -0.39 is 11.7 Å². The summed E-state index contributed by atoms with van der Waals surface area (Å²) in [5.41, 5.74) is 3.25. The van der Waals surface area contributed by atoms with Gasteiger partial charge in [-0.3, -0.25) is 0 Å². The first-order valence-corrected chi connectivity index (χ1v) is 9.88. The van der Waals surface area contributed by atoms with Gasteiger partial charge in [-0.25, -0.2) is 4.98 Å². The second-order valence-electron chi connectivity index (χ2n) is 7.16. The molecule has 0 bridgehead atoms. The number of fused-ring (bicyclic) bond motifs is 1. The van der Waals surface area contributed by atoms with E-state index >= 15 is 0 Å². The van der Waals surface area contributed by atoms with E-state index in [-0.39, 0.29) is 6.61 Å². The molecule has 0 saturated carbocycles. The number of imidazole rings is 1. The van der Waals surface area contributed by atoms with Gasteiger partial charge in [-0.2, -0.15) is 13.2 Å². The molecule has 1 heterocycles. The Balaban J connectivity index is 1.30. The Bertz CT molecular complexity index is 1180. The van der Waals surface area contributed by atoms with Crippen molar-refractivity contribution in [2.45, 2.75) is 26.3 Å². The van der Waals surface area contributed by atoms with Crippen molar-refractivity contribution in [3.8, 4) is 5.75 Å². The van der Waals surface area contributed by atoms with E-state index in [1.165, 1.54) is 12.1 Å². The Morgan fingerprint density at radius 1 is 0.938 bits per heavy atom. The molecule has 3 aromatic carbocycles. The molecule has 164 valence electrons. The lowest BCUT2D eigenvalue weighted by molar-refractivity contribution is -0.137. The van der Waals surface area contributed by atoms with Crippen molar-refractivity contribution in [3.05, 3.63) is 95.3 Å². The number of hydrogen-bond acceptors (Lipinski definition) is 4. The fraction of sp³-hybridized carbons (Fsp3) is 0.167. The topological polar surface area (TPSA) is 59.5 Å².